The first-order chi connectivity index (χ1) is 28.8. The third kappa shape index (κ3) is 8.50. The first-order valence-electron chi connectivity index (χ1n) is 21.7. The summed E-state index contributed by atoms with van der Waals surface area (Å²) >= 11 is 1.56. The number of β-amino-alcohol motifs (C(OH)–C–C–N with tert-alkyl or cyclic N) is 1. The molecule has 60 heavy (non-hydrogen) atoms. The quantitative estimate of drug-likeness (QED) is 0.243. The second-order valence-corrected chi connectivity index (χ2v) is 19.2. The molecule has 2 unspecified atom stereocenters. The fourth-order valence-electron chi connectivity index (χ4n) is 9.42. The van der Waals surface area contributed by atoms with E-state index in [-0.39, 0.29) is 61.0 Å². The Bertz CT molecular complexity index is 2130. The summed E-state index contributed by atoms with van der Waals surface area (Å²) in [6, 6.07) is 8.60. The molecule has 0 spiro atoms. The van der Waals surface area contributed by atoms with E-state index in [2.05, 4.69) is 79.1 Å². The van der Waals surface area contributed by atoms with Gasteiger partial charge in [0.25, 0.3) is 5.91 Å². The number of likely N-dealkylation sites (tertiary alicyclic amines) is 1. The van der Waals surface area contributed by atoms with Gasteiger partial charge in [-0.1, -0.05) is 33.8 Å². The molecule has 0 radical (unpaired) electrons. The molecule has 4 aliphatic heterocycles. The maximum atomic E-state index is 14.8. The third-order valence-corrected chi connectivity index (χ3v) is 14.4. The van der Waals surface area contributed by atoms with Crippen molar-refractivity contribution in [2.75, 3.05) is 52.3 Å². The van der Waals surface area contributed by atoms with Crippen molar-refractivity contribution in [3.63, 3.8) is 0 Å². The molecule has 3 aromatic rings. The number of amides is 2. The number of aryl methyl sites for hydroxylation is 1. The van der Waals surface area contributed by atoms with E-state index in [1.165, 1.54) is 5.01 Å². The monoisotopic (exact) mass is 843 g/mol. The van der Waals surface area contributed by atoms with Crippen LogP contribution in [0.3, 0.4) is 0 Å². The van der Waals surface area contributed by atoms with Crippen LogP contribution in [0.1, 0.15) is 83.4 Å². The number of aliphatic imine (C=N–C) groups is 1. The van der Waals surface area contributed by atoms with E-state index < -0.39 is 29.6 Å². The number of esters is 1. The van der Waals surface area contributed by atoms with Crippen LogP contribution >= 0.6 is 11.8 Å². The molecule has 324 valence electrons. The second kappa shape index (κ2) is 17.5. The molecule has 2 amide bonds. The Morgan fingerprint density at radius 1 is 1.18 bits per heavy atom. The highest BCUT2D eigenvalue weighted by molar-refractivity contribution is 8.14. The number of hydrazine groups is 1. The van der Waals surface area contributed by atoms with Crippen LogP contribution in [0.25, 0.3) is 22.2 Å². The van der Waals surface area contributed by atoms with E-state index >= 15 is 0 Å². The molecule has 1 saturated carbocycles. The number of ether oxygens (including phenoxy) is 3. The van der Waals surface area contributed by atoms with Gasteiger partial charge in [0.1, 0.15) is 23.2 Å². The molecule has 3 fully saturated rings. The number of carbonyl (C=O) groups is 3. The lowest BCUT2D eigenvalue weighted by atomic mass is 9.84. The SMILES string of the molecule is CCn1c(-c2cccnc2[C@H](C)OC)c2c3cc(ccc31)C1CSC(=N1)[C@@H](OCCN1CC(O)C1)[C@H](NC(=O)C1[C@@H](C)[C@H]1C)C(=O)N1CCC[C@H](N1)C(=O)OCC(C)(C)C2. The van der Waals surface area contributed by atoms with Crippen LogP contribution in [0.2, 0.25) is 0 Å². The van der Waals surface area contributed by atoms with Gasteiger partial charge in [-0.2, -0.15) is 0 Å². The standard InChI is InChI=1S/C45H61N7O7S/c1-8-51-35-14-13-28-19-31(35)32(39(51)30-11-9-15-46-37(30)27(4)57-7)20-45(5,6)24-59-44(56)33-12-10-16-52(49-33)43(55)38(48-41(54)36-25(2)26(36)3)40(42-47-34(28)23-60-42)58-18-17-50-21-29(53)22-50/h9,11,13-15,19,25-27,29,33-34,36,38,40,49,53H,8,10,12,16-18,20-24H2,1-7H3,(H,48,54)/t25-,26+,27-,33-,34?,36?,38-,40-/m0/s1. The second-order valence-electron chi connectivity index (χ2n) is 18.2. The van der Waals surface area contributed by atoms with E-state index in [9.17, 15) is 19.5 Å². The van der Waals surface area contributed by atoms with Crippen LogP contribution in [0.5, 0.6) is 0 Å². The number of nitrogens with one attached hydrogen (secondary N) is 2. The van der Waals surface area contributed by atoms with Gasteiger partial charge in [-0.25, -0.2) is 5.43 Å². The number of aliphatic hydroxyl groups excluding tert-OH is 1. The summed E-state index contributed by atoms with van der Waals surface area (Å²) in [4.78, 5) is 54.8. The van der Waals surface area contributed by atoms with Gasteiger partial charge in [-0.15, -0.1) is 11.8 Å². The summed E-state index contributed by atoms with van der Waals surface area (Å²) in [5.74, 6) is -0.155. The van der Waals surface area contributed by atoms with Crippen LogP contribution in [-0.2, 0) is 41.6 Å². The number of benzene rings is 1. The molecule has 3 N–H and O–H groups in total. The minimum atomic E-state index is -1.09. The highest BCUT2D eigenvalue weighted by atomic mass is 32.2. The Morgan fingerprint density at radius 2 is 1.97 bits per heavy atom. The van der Waals surface area contributed by atoms with Crippen molar-refractivity contribution in [1.29, 1.82) is 0 Å². The van der Waals surface area contributed by atoms with Gasteiger partial charge < -0.3 is 29.2 Å². The van der Waals surface area contributed by atoms with Gasteiger partial charge in [-0.3, -0.25) is 34.3 Å². The number of hydrogen-bond donors (Lipinski definition) is 3. The fourth-order valence-corrected chi connectivity index (χ4v) is 10.6. The summed E-state index contributed by atoms with van der Waals surface area (Å²) in [7, 11) is 1.70. The largest absolute Gasteiger partial charge is 0.464 e. The number of cyclic esters (lactones) is 1. The zero-order chi connectivity index (χ0) is 42.5. The molecular weight excluding hydrogens is 783 g/mol. The number of nitrogens with zero attached hydrogens (tertiary/aromatic N) is 5. The van der Waals surface area contributed by atoms with Crippen molar-refractivity contribution in [3.05, 3.63) is 53.3 Å². The maximum absolute atomic E-state index is 14.8. The number of methoxy groups -OCH3 is 1. The molecular formula is C45H61N7O7S. The number of aliphatic hydroxyl groups is 1. The number of hydrogen-bond acceptors (Lipinski definition) is 12. The van der Waals surface area contributed by atoms with Crippen molar-refractivity contribution >= 4 is 45.5 Å². The summed E-state index contributed by atoms with van der Waals surface area (Å²) in [6.07, 6.45) is 2.02. The first kappa shape index (κ1) is 42.8. The van der Waals surface area contributed by atoms with Crippen LogP contribution in [0.15, 0.2) is 41.5 Å². The average molecular weight is 844 g/mol. The molecule has 15 heteroatoms. The first-order valence-corrected chi connectivity index (χ1v) is 22.7. The van der Waals surface area contributed by atoms with Gasteiger partial charge in [0.05, 0.1) is 42.9 Å². The van der Waals surface area contributed by atoms with E-state index in [1.807, 2.05) is 13.0 Å². The van der Waals surface area contributed by atoms with Crippen LogP contribution in [-0.4, -0.2) is 124 Å². The lowest BCUT2D eigenvalue weighted by Gasteiger charge is -2.38. The number of rotatable bonds is 10. The smallest absolute Gasteiger partial charge is 0.324 e. The van der Waals surface area contributed by atoms with Gasteiger partial charge in [0.2, 0.25) is 5.91 Å². The minimum absolute atomic E-state index is 0.164. The summed E-state index contributed by atoms with van der Waals surface area (Å²) in [6.45, 7) is 15.7. The fraction of sp³-hybridized carbons (Fsp3) is 0.622. The summed E-state index contributed by atoms with van der Waals surface area (Å²) < 4.78 is 21.0. The van der Waals surface area contributed by atoms with E-state index in [1.54, 1.807) is 25.1 Å². The Kier molecular flexibility index (Phi) is 12.5. The summed E-state index contributed by atoms with van der Waals surface area (Å²) in [5, 5.41) is 16.3. The normalized spacial score (nSPS) is 29.1. The van der Waals surface area contributed by atoms with Gasteiger partial charge in [-0.05, 0) is 80.3 Å². The van der Waals surface area contributed by atoms with Crippen molar-refractivity contribution in [1.82, 2.24) is 30.2 Å². The molecule has 8 rings (SSSR count). The highest BCUT2D eigenvalue weighted by Crippen LogP contribution is 2.46. The molecule has 6 heterocycles. The number of pyridine rings is 1. The van der Waals surface area contributed by atoms with Crippen molar-refractivity contribution < 1.29 is 33.7 Å². The Labute approximate surface area is 357 Å². The molecule has 1 aliphatic carbocycles. The van der Waals surface area contributed by atoms with Crippen molar-refractivity contribution in [2.45, 2.75) is 104 Å². The topological polar surface area (TPSA) is 160 Å². The molecule has 6 bridgehead atoms. The number of thioether (sulfide) groups is 1. The molecule has 14 nitrogen and oxygen atoms in total. The van der Waals surface area contributed by atoms with Crippen LogP contribution < -0.4 is 10.7 Å². The minimum Gasteiger partial charge on any atom is -0.464 e. The average Bonchev–Trinajstić information content (AvgIpc) is 3.51. The van der Waals surface area contributed by atoms with E-state index in [0.717, 1.165) is 45.5 Å². The molecule has 5 aliphatic rings. The Morgan fingerprint density at radius 3 is 2.68 bits per heavy atom. The van der Waals surface area contributed by atoms with Crippen LogP contribution in [0.4, 0.5) is 0 Å². The lowest BCUT2D eigenvalue weighted by molar-refractivity contribution is -0.156. The Balaban J connectivity index is 1.25. The zero-order valence-electron chi connectivity index (χ0n) is 36.0. The predicted molar refractivity (Wildman–Crippen MR) is 231 cm³/mol. The third-order valence-electron chi connectivity index (χ3n) is 13.3. The Hall–Kier alpha value is -3.86. The predicted octanol–water partition coefficient (Wildman–Crippen LogP) is 4.69. The van der Waals surface area contributed by atoms with Crippen molar-refractivity contribution in [2.24, 2.45) is 28.2 Å². The zero-order valence-corrected chi connectivity index (χ0v) is 36.8. The molecule has 2 aromatic heterocycles. The highest BCUT2D eigenvalue weighted by Gasteiger charge is 2.50. The van der Waals surface area contributed by atoms with Gasteiger partial charge in [0, 0.05) is 79.6 Å². The number of carbonyl (C=O) groups excluding carboxylic acids is 3. The van der Waals surface area contributed by atoms with Gasteiger partial charge in [0.15, 0.2) is 0 Å². The number of aromatic nitrogens is 2. The van der Waals surface area contributed by atoms with E-state index in [0.29, 0.717) is 56.2 Å². The van der Waals surface area contributed by atoms with Crippen molar-refractivity contribution in [3.8, 4) is 11.3 Å². The molecule has 1 aromatic carbocycles. The lowest BCUT2D eigenvalue weighted by Crippen LogP contribution is -2.63. The molecule has 8 atom stereocenters. The van der Waals surface area contributed by atoms with Crippen LogP contribution in [0, 0.1) is 23.2 Å². The van der Waals surface area contributed by atoms with E-state index in [4.69, 9.17) is 24.2 Å². The maximum Gasteiger partial charge on any atom is 0.324 e. The summed E-state index contributed by atoms with van der Waals surface area (Å²) in [5.41, 5.74) is 8.90. The van der Waals surface area contributed by atoms with Gasteiger partial charge >= 0.3 is 5.97 Å². The number of fused-ring (bicyclic) bond motifs is 5. The molecule has 2 saturated heterocycles.